The molecule has 1 N–H and O–H groups in total. The monoisotopic (exact) mass is 232 g/mol. The number of nitrogens with zero attached hydrogens (tertiary/aromatic N) is 1. The molecule has 1 unspecified atom stereocenters. The fourth-order valence-electron chi connectivity index (χ4n) is 2.57. The highest BCUT2D eigenvalue weighted by Gasteiger charge is 2.28. The van der Waals surface area contributed by atoms with Gasteiger partial charge in [-0.3, -0.25) is 4.79 Å². The van der Waals surface area contributed by atoms with Gasteiger partial charge in [0.2, 0.25) is 0 Å². The van der Waals surface area contributed by atoms with Gasteiger partial charge in [0, 0.05) is 25.3 Å². The molecule has 1 amide bonds. The second-order valence-corrected chi connectivity index (χ2v) is 4.50. The van der Waals surface area contributed by atoms with E-state index in [4.69, 9.17) is 0 Å². The predicted octanol–water partition coefficient (Wildman–Crippen LogP) is 2.74. The summed E-state index contributed by atoms with van der Waals surface area (Å²) in [6.07, 6.45) is 3.32. The maximum absolute atomic E-state index is 12.5. The molecule has 0 spiro atoms. The Hall–Kier alpha value is -1.51. The summed E-state index contributed by atoms with van der Waals surface area (Å²) in [5, 5.41) is 3.09. The molecule has 17 heavy (non-hydrogen) atoms. The lowest BCUT2D eigenvalue weighted by molar-refractivity contribution is 0.0734. The molecule has 0 aliphatic carbocycles. The first-order valence-electron chi connectivity index (χ1n) is 6.35. The summed E-state index contributed by atoms with van der Waals surface area (Å²) < 4.78 is 0. The number of likely N-dealkylation sites (tertiary alicyclic amines) is 1. The lowest BCUT2D eigenvalue weighted by atomic mass is 10.1. The third kappa shape index (κ3) is 2.28. The van der Waals surface area contributed by atoms with Gasteiger partial charge in [0.25, 0.3) is 5.91 Å². The molecule has 3 heteroatoms. The fourth-order valence-corrected chi connectivity index (χ4v) is 2.57. The SMILES string of the molecule is CCC1CCCN1C(=O)c1ccccc1NC. The number of para-hydroxylation sites is 1. The number of hydrogen-bond acceptors (Lipinski definition) is 2. The number of rotatable bonds is 3. The Bertz CT molecular complexity index is 403. The number of carbonyl (C=O) groups excluding carboxylic acids is 1. The molecule has 0 saturated carbocycles. The standard InChI is InChI=1S/C14H20N2O/c1-3-11-7-6-10-16(11)14(17)12-8-4-5-9-13(12)15-2/h4-5,8-9,11,15H,3,6-7,10H2,1-2H3. The van der Waals surface area contributed by atoms with Gasteiger partial charge in [-0.05, 0) is 31.4 Å². The van der Waals surface area contributed by atoms with Crippen LogP contribution < -0.4 is 5.32 Å². The summed E-state index contributed by atoms with van der Waals surface area (Å²) in [4.78, 5) is 14.5. The van der Waals surface area contributed by atoms with Crippen LogP contribution in [0.2, 0.25) is 0 Å². The van der Waals surface area contributed by atoms with E-state index in [9.17, 15) is 4.79 Å². The zero-order chi connectivity index (χ0) is 12.3. The van der Waals surface area contributed by atoms with Crippen molar-refractivity contribution in [1.29, 1.82) is 0 Å². The van der Waals surface area contributed by atoms with Gasteiger partial charge < -0.3 is 10.2 Å². The number of nitrogens with one attached hydrogen (secondary N) is 1. The molecule has 0 bridgehead atoms. The molecule has 1 aromatic rings. The Kier molecular flexibility index (Phi) is 3.67. The molecule has 1 aliphatic heterocycles. The van der Waals surface area contributed by atoms with Crippen molar-refractivity contribution >= 4 is 11.6 Å². The first kappa shape index (κ1) is 12.0. The van der Waals surface area contributed by atoms with Crippen LogP contribution in [0.1, 0.15) is 36.5 Å². The molecule has 0 radical (unpaired) electrons. The van der Waals surface area contributed by atoms with Crippen LogP contribution in [-0.4, -0.2) is 30.4 Å². The van der Waals surface area contributed by atoms with Gasteiger partial charge in [-0.1, -0.05) is 19.1 Å². The lowest BCUT2D eigenvalue weighted by Gasteiger charge is -2.24. The van der Waals surface area contributed by atoms with E-state index in [1.165, 1.54) is 0 Å². The Morgan fingerprint density at radius 3 is 2.94 bits per heavy atom. The minimum absolute atomic E-state index is 0.166. The molecular weight excluding hydrogens is 212 g/mol. The van der Waals surface area contributed by atoms with Gasteiger partial charge in [-0.2, -0.15) is 0 Å². The zero-order valence-electron chi connectivity index (χ0n) is 10.6. The van der Waals surface area contributed by atoms with Gasteiger partial charge >= 0.3 is 0 Å². The molecule has 1 heterocycles. The maximum atomic E-state index is 12.5. The second kappa shape index (κ2) is 5.21. The Morgan fingerprint density at radius 1 is 1.47 bits per heavy atom. The first-order chi connectivity index (χ1) is 8.27. The molecule has 1 aromatic carbocycles. The third-order valence-corrected chi connectivity index (χ3v) is 3.54. The molecule has 1 fully saturated rings. The minimum atomic E-state index is 0.166. The van der Waals surface area contributed by atoms with Gasteiger partial charge in [0.1, 0.15) is 0 Å². The molecule has 1 saturated heterocycles. The normalized spacial score (nSPS) is 19.4. The van der Waals surface area contributed by atoms with Crippen molar-refractivity contribution in [3.05, 3.63) is 29.8 Å². The average molecular weight is 232 g/mol. The highest BCUT2D eigenvalue weighted by atomic mass is 16.2. The zero-order valence-corrected chi connectivity index (χ0v) is 10.6. The number of benzene rings is 1. The number of carbonyl (C=O) groups is 1. The average Bonchev–Trinajstić information content (AvgIpc) is 2.86. The van der Waals surface area contributed by atoms with E-state index in [-0.39, 0.29) is 5.91 Å². The van der Waals surface area contributed by atoms with E-state index in [0.717, 1.165) is 37.1 Å². The summed E-state index contributed by atoms with van der Waals surface area (Å²) in [6.45, 7) is 3.05. The summed E-state index contributed by atoms with van der Waals surface area (Å²) in [5.74, 6) is 0.166. The maximum Gasteiger partial charge on any atom is 0.256 e. The summed E-state index contributed by atoms with van der Waals surface area (Å²) in [5.41, 5.74) is 1.70. The van der Waals surface area contributed by atoms with E-state index in [0.29, 0.717) is 6.04 Å². The first-order valence-corrected chi connectivity index (χ1v) is 6.35. The Labute approximate surface area is 103 Å². The van der Waals surface area contributed by atoms with Crippen molar-refractivity contribution in [2.75, 3.05) is 18.9 Å². The van der Waals surface area contributed by atoms with E-state index < -0.39 is 0 Å². The van der Waals surface area contributed by atoms with Gasteiger partial charge in [-0.25, -0.2) is 0 Å². The van der Waals surface area contributed by atoms with Crippen LogP contribution >= 0.6 is 0 Å². The molecule has 1 atom stereocenters. The smallest absolute Gasteiger partial charge is 0.256 e. The van der Waals surface area contributed by atoms with Crippen LogP contribution in [0.25, 0.3) is 0 Å². The predicted molar refractivity (Wildman–Crippen MR) is 70.3 cm³/mol. The van der Waals surface area contributed by atoms with Crippen molar-refractivity contribution in [3.63, 3.8) is 0 Å². The van der Waals surface area contributed by atoms with Crippen molar-refractivity contribution in [2.45, 2.75) is 32.2 Å². The third-order valence-electron chi connectivity index (χ3n) is 3.54. The molecule has 0 aromatic heterocycles. The van der Waals surface area contributed by atoms with Crippen molar-refractivity contribution in [1.82, 2.24) is 4.90 Å². The Morgan fingerprint density at radius 2 is 2.24 bits per heavy atom. The van der Waals surface area contributed by atoms with Crippen molar-refractivity contribution in [2.24, 2.45) is 0 Å². The van der Waals surface area contributed by atoms with Crippen LogP contribution in [-0.2, 0) is 0 Å². The topological polar surface area (TPSA) is 32.3 Å². The summed E-state index contributed by atoms with van der Waals surface area (Å²) in [6, 6.07) is 8.14. The van der Waals surface area contributed by atoms with Gasteiger partial charge in [0.05, 0.1) is 5.56 Å². The van der Waals surface area contributed by atoms with E-state index in [2.05, 4.69) is 12.2 Å². The highest BCUT2D eigenvalue weighted by Crippen LogP contribution is 2.24. The van der Waals surface area contributed by atoms with Crippen molar-refractivity contribution in [3.8, 4) is 0 Å². The minimum Gasteiger partial charge on any atom is -0.387 e. The van der Waals surface area contributed by atoms with Gasteiger partial charge in [-0.15, -0.1) is 0 Å². The number of hydrogen-bond donors (Lipinski definition) is 1. The van der Waals surface area contributed by atoms with Gasteiger partial charge in [0.15, 0.2) is 0 Å². The molecule has 92 valence electrons. The van der Waals surface area contributed by atoms with Crippen LogP contribution in [0.3, 0.4) is 0 Å². The van der Waals surface area contributed by atoms with E-state index in [1.54, 1.807) is 0 Å². The Balaban J connectivity index is 2.24. The van der Waals surface area contributed by atoms with E-state index >= 15 is 0 Å². The van der Waals surface area contributed by atoms with Crippen molar-refractivity contribution < 1.29 is 4.79 Å². The van der Waals surface area contributed by atoms with Crippen LogP contribution in [0, 0.1) is 0 Å². The molecular formula is C14H20N2O. The van der Waals surface area contributed by atoms with Crippen LogP contribution in [0.5, 0.6) is 0 Å². The molecule has 2 rings (SSSR count). The number of anilines is 1. The van der Waals surface area contributed by atoms with Crippen LogP contribution in [0.15, 0.2) is 24.3 Å². The van der Waals surface area contributed by atoms with E-state index in [1.807, 2.05) is 36.2 Å². The largest absolute Gasteiger partial charge is 0.387 e. The lowest BCUT2D eigenvalue weighted by Crippen LogP contribution is -2.35. The fraction of sp³-hybridized carbons (Fsp3) is 0.500. The quantitative estimate of drug-likeness (QED) is 0.869. The molecule has 3 nitrogen and oxygen atoms in total. The second-order valence-electron chi connectivity index (χ2n) is 4.50. The summed E-state index contributed by atoms with van der Waals surface area (Å²) in [7, 11) is 1.85. The summed E-state index contributed by atoms with van der Waals surface area (Å²) >= 11 is 0. The highest BCUT2D eigenvalue weighted by molar-refractivity contribution is 5.99. The number of amides is 1. The van der Waals surface area contributed by atoms with Crippen LogP contribution in [0.4, 0.5) is 5.69 Å². The molecule has 1 aliphatic rings.